The molecule has 0 atom stereocenters. The van der Waals surface area contributed by atoms with Gasteiger partial charge in [-0.2, -0.15) is 0 Å². The van der Waals surface area contributed by atoms with Gasteiger partial charge in [0.25, 0.3) is 0 Å². The number of pyridine rings is 2. The van der Waals surface area contributed by atoms with E-state index in [9.17, 15) is 10.0 Å². The molecule has 0 amide bonds. The Morgan fingerprint density at radius 2 is 0.700 bits per heavy atom. The van der Waals surface area contributed by atoms with Crippen LogP contribution in [0.5, 0.6) is 11.5 Å². The SMILES string of the molecule is [O-]B([O-])OCCCC(c1ccccc1)(c1ccccc1)c1ccccc1.c1ccc2cc(O[n+]3ccccc3)cc-2cc1.c1ccc2cc(O[n+]3ccccc3)cc-2cc1. The summed E-state index contributed by atoms with van der Waals surface area (Å²) in [5.41, 5.74) is 7.90. The van der Waals surface area contributed by atoms with E-state index in [0.717, 1.165) is 17.9 Å². The lowest BCUT2D eigenvalue weighted by Crippen LogP contribution is -2.48. The minimum atomic E-state index is -2.23. The Morgan fingerprint density at radius 1 is 0.400 bits per heavy atom. The molecule has 2 aromatic heterocycles. The van der Waals surface area contributed by atoms with Gasteiger partial charge >= 0.3 is 0 Å². The highest BCUT2D eigenvalue weighted by Gasteiger charge is 2.35. The second-order valence-corrected chi connectivity index (χ2v) is 13.9. The number of aromatic nitrogens is 2. The summed E-state index contributed by atoms with van der Waals surface area (Å²) in [4.78, 5) is 11.4. The van der Waals surface area contributed by atoms with E-state index in [4.69, 9.17) is 14.3 Å². The maximum atomic E-state index is 10.7. The lowest BCUT2D eigenvalue weighted by molar-refractivity contribution is -0.875. The zero-order valence-electron chi connectivity index (χ0n) is 33.2. The molecule has 2 heterocycles. The topological polar surface area (TPSA) is 81.6 Å². The third kappa shape index (κ3) is 11.1. The van der Waals surface area contributed by atoms with Crippen LogP contribution < -0.4 is 29.2 Å². The molecule has 0 fully saturated rings. The van der Waals surface area contributed by atoms with E-state index in [1.165, 1.54) is 38.9 Å². The van der Waals surface area contributed by atoms with Crippen LogP contribution in [0.1, 0.15) is 29.5 Å². The maximum Gasteiger partial charge on any atom is 0.223 e. The molecular formula is C52H45BN2O5. The fourth-order valence-electron chi connectivity index (χ4n) is 7.23. The number of nitrogens with zero attached hydrogens (tertiary/aromatic N) is 2. The molecule has 4 aliphatic carbocycles. The van der Waals surface area contributed by atoms with Gasteiger partial charge < -0.3 is 14.7 Å². The molecule has 5 aromatic rings. The molecule has 9 rings (SSSR count). The van der Waals surface area contributed by atoms with Crippen LogP contribution in [0.4, 0.5) is 0 Å². The Labute approximate surface area is 352 Å². The highest BCUT2D eigenvalue weighted by molar-refractivity contribution is 6.28. The van der Waals surface area contributed by atoms with Gasteiger partial charge in [0.15, 0.2) is 0 Å². The molecule has 0 aliphatic heterocycles. The van der Waals surface area contributed by atoms with Crippen molar-refractivity contribution in [2.45, 2.75) is 18.3 Å². The number of hydrogen-bond acceptors (Lipinski definition) is 5. The summed E-state index contributed by atoms with van der Waals surface area (Å²) in [6, 6.07) is 71.3. The second-order valence-electron chi connectivity index (χ2n) is 13.9. The molecule has 0 radical (unpaired) electrons. The van der Waals surface area contributed by atoms with E-state index in [0.29, 0.717) is 6.42 Å². The van der Waals surface area contributed by atoms with Crippen LogP contribution in [-0.4, -0.2) is 13.9 Å². The summed E-state index contributed by atoms with van der Waals surface area (Å²) in [7, 11) is -2.23. The van der Waals surface area contributed by atoms with Crippen LogP contribution in [0.2, 0.25) is 0 Å². The van der Waals surface area contributed by atoms with E-state index >= 15 is 0 Å². The Hall–Kier alpha value is -7.10. The van der Waals surface area contributed by atoms with Crippen molar-refractivity contribution in [3.05, 3.63) is 254 Å². The number of hydrogen-bond donors (Lipinski definition) is 0. The molecule has 3 aromatic carbocycles. The van der Waals surface area contributed by atoms with Crippen LogP contribution in [0, 0.1) is 0 Å². The second kappa shape index (κ2) is 21.1. The van der Waals surface area contributed by atoms with Crippen molar-refractivity contribution >= 4 is 7.32 Å². The molecule has 0 unspecified atom stereocenters. The summed E-state index contributed by atoms with van der Waals surface area (Å²) in [5.74, 6) is 1.70. The summed E-state index contributed by atoms with van der Waals surface area (Å²) >= 11 is 0. The van der Waals surface area contributed by atoms with Gasteiger partial charge in [-0.3, -0.25) is 0 Å². The minimum absolute atomic E-state index is 0.159. The first kappa shape index (κ1) is 41.1. The smallest absolute Gasteiger partial charge is 0.223 e. The summed E-state index contributed by atoms with van der Waals surface area (Å²) in [6.45, 7) is 0.159. The van der Waals surface area contributed by atoms with Gasteiger partial charge in [-0.05, 0) is 76.1 Å². The molecular weight excluding hydrogens is 743 g/mol. The lowest BCUT2D eigenvalue weighted by atomic mass is 9.67. The monoisotopic (exact) mass is 788 g/mol. The molecule has 4 aliphatic rings. The average molecular weight is 789 g/mol. The van der Waals surface area contributed by atoms with Crippen LogP contribution in [-0.2, 0) is 10.1 Å². The van der Waals surface area contributed by atoms with Crippen molar-refractivity contribution in [3.8, 4) is 33.8 Å². The Kier molecular flexibility index (Phi) is 14.4. The van der Waals surface area contributed by atoms with Crippen LogP contribution in [0.3, 0.4) is 0 Å². The molecule has 60 heavy (non-hydrogen) atoms. The zero-order chi connectivity index (χ0) is 41.2. The molecule has 0 N–H and O–H groups in total. The zero-order valence-corrected chi connectivity index (χ0v) is 33.2. The minimum Gasteiger partial charge on any atom is -0.871 e. The van der Waals surface area contributed by atoms with E-state index in [1.807, 2.05) is 176 Å². The molecule has 0 saturated carbocycles. The number of benzene rings is 3. The van der Waals surface area contributed by atoms with Gasteiger partial charge in [-0.25, -0.2) is 9.68 Å². The van der Waals surface area contributed by atoms with Gasteiger partial charge in [0.2, 0.25) is 36.3 Å². The fourth-order valence-corrected chi connectivity index (χ4v) is 7.23. The predicted molar refractivity (Wildman–Crippen MR) is 232 cm³/mol. The van der Waals surface area contributed by atoms with Gasteiger partial charge in [0, 0.05) is 45.7 Å². The van der Waals surface area contributed by atoms with E-state index in [1.54, 1.807) is 9.46 Å². The summed E-state index contributed by atoms with van der Waals surface area (Å²) < 4.78 is 8.11. The van der Waals surface area contributed by atoms with Crippen molar-refractivity contribution < 1.29 is 33.8 Å². The van der Waals surface area contributed by atoms with Crippen molar-refractivity contribution in [1.29, 1.82) is 0 Å². The van der Waals surface area contributed by atoms with Crippen molar-refractivity contribution in [2.75, 3.05) is 6.61 Å². The van der Waals surface area contributed by atoms with Crippen molar-refractivity contribution in [3.63, 3.8) is 0 Å². The maximum absolute atomic E-state index is 10.7. The van der Waals surface area contributed by atoms with E-state index in [-0.39, 0.29) is 12.0 Å². The molecule has 8 heteroatoms. The van der Waals surface area contributed by atoms with Crippen LogP contribution in [0.25, 0.3) is 22.3 Å². The number of fused-ring (bicyclic) bond motifs is 2. The first-order chi connectivity index (χ1) is 29.6. The third-order valence-corrected chi connectivity index (χ3v) is 9.95. The summed E-state index contributed by atoms with van der Waals surface area (Å²) in [6.07, 6.45) is 8.84. The molecule has 0 spiro atoms. The summed E-state index contributed by atoms with van der Waals surface area (Å²) in [5, 5.41) is 21.4. The number of rotatable bonds is 12. The molecule has 296 valence electrons. The van der Waals surface area contributed by atoms with E-state index in [2.05, 4.69) is 60.7 Å². The molecule has 0 saturated heterocycles. The largest absolute Gasteiger partial charge is 0.871 e. The lowest BCUT2D eigenvalue weighted by Gasteiger charge is -2.37. The standard InChI is InChI=1S/C22H21BO3.2C15H12NO/c24-23(25)26-18-10-17-22(19-11-4-1-5-12-19,20-13-6-2-7-14-20)21-15-8-3-9-16-21;2*1-3-7-13-11-15(12-14(13)8-4-1)17-16-9-5-2-6-10-16/h1-9,11-16H,10,17-18H2;2*1-12H/q-2;2*+1. The third-order valence-electron chi connectivity index (χ3n) is 9.95. The normalized spacial score (nSPS) is 10.8. The van der Waals surface area contributed by atoms with Crippen molar-refractivity contribution in [2.24, 2.45) is 0 Å². The van der Waals surface area contributed by atoms with Crippen LogP contribution in [0.15, 0.2) is 237 Å². The van der Waals surface area contributed by atoms with Gasteiger partial charge in [-0.15, -0.1) is 0 Å². The van der Waals surface area contributed by atoms with Gasteiger partial charge in [0.05, 0.1) is 7.32 Å². The predicted octanol–water partition coefficient (Wildman–Crippen LogP) is 8.37. The fraction of sp³-hybridized carbons (Fsp3) is 0.0769. The van der Waals surface area contributed by atoms with Gasteiger partial charge in [0.1, 0.15) is 0 Å². The Bertz CT molecular complexity index is 2260. The Balaban J connectivity index is 0.000000141. The van der Waals surface area contributed by atoms with Crippen LogP contribution >= 0.6 is 0 Å². The highest BCUT2D eigenvalue weighted by atomic mass is 16.7. The first-order valence-electron chi connectivity index (χ1n) is 19.9. The molecule has 0 bridgehead atoms. The highest BCUT2D eigenvalue weighted by Crippen LogP contribution is 2.43. The Morgan fingerprint density at radius 3 is 1.02 bits per heavy atom. The first-order valence-corrected chi connectivity index (χ1v) is 19.9. The van der Waals surface area contributed by atoms with Gasteiger partial charge in [-0.1, -0.05) is 164 Å². The average Bonchev–Trinajstić information content (AvgIpc) is 3.69. The molecule has 7 nitrogen and oxygen atoms in total. The quantitative estimate of drug-likeness (QED) is 0.0538. The van der Waals surface area contributed by atoms with E-state index < -0.39 is 7.32 Å². The van der Waals surface area contributed by atoms with Crippen molar-refractivity contribution in [1.82, 2.24) is 0 Å².